The molecule has 1 aliphatic heterocycles. The first-order chi connectivity index (χ1) is 8.09. The van der Waals surface area contributed by atoms with E-state index in [0.717, 1.165) is 0 Å². The summed E-state index contributed by atoms with van der Waals surface area (Å²) in [7, 11) is 0. The van der Waals surface area contributed by atoms with Gasteiger partial charge >= 0.3 is 0 Å². The number of carbonyl (C=O) groups excluding carboxylic acids is 2. The summed E-state index contributed by atoms with van der Waals surface area (Å²) in [6, 6.07) is 8.92. The van der Waals surface area contributed by atoms with Crippen LogP contribution in [0.1, 0.15) is 11.9 Å². The predicted octanol–water partition coefficient (Wildman–Crippen LogP) is -0.560. The summed E-state index contributed by atoms with van der Waals surface area (Å²) in [5.41, 5.74) is 10.9. The van der Waals surface area contributed by atoms with Crippen molar-refractivity contribution < 1.29 is 19.1 Å². The average Bonchev–Trinajstić information content (AvgIpc) is 2.75. The lowest BCUT2D eigenvalue weighted by molar-refractivity contribution is -0.133. The zero-order valence-corrected chi connectivity index (χ0v) is 8.91. The number of hydrogen-bond donors (Lipinski definition) is 2. The lowest BCUT2D eigenvalue weighted by Crippen LogP contribution is -2.44. The monoisotopic (exact) mass is 236 g/mol. The third-order valence-electron chi connectivity index (χ3n) is 2.45. The Bertz CT molecular complexity index is 412. The number of ether oxygens (including phenoxy) is 2. The quantitative estimate of drug-likeness (QED) is 0.733. The van der Waals surface area contributed by atoms with E-state index in [-0.39, 0.29) is 0 Å². The van der Waals surface area contributed by atoms with E-state index < -0.39 is 30.3 Å². The first-order valence-electron chi connectivity index (χ1n) is 5.04. The molecule has 4 N–H and O–H groups in total. The third kappa shape index (κ3) is 2.27. The Morgan fingerprint density at radius 1 is 0.941 bits per heavy atom. The summed E-state index contributed by atoms with van der Waals surface area (Å²) >= 11 is 0. The van der Waals surface area contributed by atoms with Crippen molar-refractivity contribution in [3.63, 3.8) is 0 Å². The van der Waals surface area contributed by atoms with Gasteiger partial charge in [0.25, 0.3) is 0 Å². The van der Waals surface area contributed by atoms with E-state index >= 15 is 0 Å². The molecule has 1 heterocycles. The number of hydrogen-bond acceptors (Lipinski definition) is 4. The van der Waals surface area contributed by atoms with Gasteiger partial charge in [0, 0.05) is 5.56 Å². The highest BCUT2D eigenvalue weighted by Gasteiger charge is 2.43. The largest absolute Gasteiger partial charge is 0.367 e. The van der Waals surface area contributed by atoms with Crippen LogP contribution < -0.4 is 11.5 Å². The number of nitrogens with two attached hydrogens (primary N) is 2. The summed E-state index contributed by atoms with van der Waals surface area (Å²) in [4.78, 5) is 22.2. The second kappa shape index (κ2) is 4.52. The zero-order valence-electron chi connectivity index (χ0n) is 8.91. The van der Waals surface area contributed by atoms with Gasteiger partial charge in [-0.25, -0.2) is 0 Å². The molecule has 0 aliphatic carbocycles. The average molecular weight is 236 g/mol. The van der Waals surface area contributed by atoms with Gasteiger partial charge in [0.1, 0.15) is 0 Å². The highest BCUT2D eigenvalue weighted by atomic mass is 16.7. The Morgan fingerprint density at radius 2 is 1.41 bits per heavy atom. The lowest BCUT2D eigenvalue weighted by atomic mass is 10.2. The molecule has 1 aromatic rings. The molecule has 6 heteroatoms. The Balaban J connectivity index is 2.20. The van der Waals surface area contributed by atoms with E-state index in [1.54, 1.807) is 24.3 Å². The van der Waals surface area contributed by atoms with Crippen molar-refractivity contribution in [1.82, 2.24) is 0 Å². The maximum absolute atomic E-state index is 11.1. The highest BCUT2D eigenvalue weighted by Crippen LogP contribution is 2.30. The van der Waals surface area contributed by atoms with Crippen LogP contribution in [0.15, 0.2) is 30.3 Å². The van der Waals surface area contributed by atoms with E-state index in [1.165, 1.54) is 0 Å². The van der Waals surface area contributed by atoms with Crippen LogP contribution in [-0.4, -0.2) is 24.0 Å². The van der Waals surface area contributed by atoms with Crippen molar-refractivity contribution in [3.05, 3.63) is 35.9 Å². The van der Waals surface area contributed by atoms with Crippen LogP contribution in [0.2, 0.25) is 0 Å². The van der Waals surface area contributed by atoms with Crippen molar-refractivity contribution in [3.8, 4) is 0 Å². The van der Waals surface area contributed by atoms with Gasteiger partial charge in [0.2, 0.25) is 11.8 Å². The minimum atomic E-state index is -1.14. The van der Waals surface area contributed by atoms with Gasteiger partial charge in [-0.3, -0.25) is 9.59 Å². The Kier molecular flexibility index (Phi) is 3.08. The standard InChI is InChI=1S/C11H12N2O4/c12-9(14)7-8(10(13)15)17-11(16-7)6-4-2-1-3-5-6/h1-5,7-8,11H,(H2,12,14)(H2,13,15)/t7-,8-/m1/s1. The molecule has 0 unspecified atom stereocenters. The molecule has 2 amide bonds. The fourth-order valence-electron chi connectivity index (χ4n) is 1.64. The van der Waals surface area contributed by atoms with Crippen molar-refractivity contribution in [2.24, 2.45) is 11.5 Å². The van der Waals surface area contributed by atoms with Gasteiger partial charge < -0.3 is 20.9 Å². The molecular weight excluding hydrogens is 224 g/mol. The van der Waals surface area contributed by atoms with Gasteiger partial charge in [-0.15, -0.1) is 0 Å². The van der Waals surface area contributed by atoms with Crippen LogP contribution in [0.25, 0.3) is 0 Å². The van der Waals surface area contributed by atoms with Crippen molar-refractivity contribution in [2.75, 3.05) is 0 Å². The van der Waals surface area contributed by atoms with Crippen molar-refractivity contribution in [2.45, 2.75) is 18.5 Å². The molecule has 2 atom stereocenters. The first kappa shape index (κ1) is 11.6. The second-order valence-corrected chi connectivity index (χ2v) is 3.66. The van der Waals surface area contributed by atoms with E-state index in [4.69, 9.17) is 20.9 Å². The maximum Gasteiger partial charge on any atom is 0.249 e. The highest BCUT2D eigenvalue weighted by molar-refractivity contribution is 5.89. The van der Waals surface area contributed by atoms with Gasteiger partial charge in [0.15, 0.2) is 18.5 Å². The number of primary amides is 2. The molecule has 6 nitrogen and oxygen atoms in total. The molecule has 1 aliphatic rings. The summed E-state index contributed by atoms with van der Waals surface area (Å²) in [6.45, 7) is 0. The van der Waals surface area contributed by atoms with Crippen LogP contribution in [0.5, 0.6) is 0 Å². The summed E-state index contributed by atoms with van der Waals surface area (Å²) in [6.07, 6.45) is -3.08. The molecule has 90 valence electrons. The molecule has 0 aromatic heterocycles. The normalized spacial score (nSPS) is 24.7. The smallest absolute Gasteiger partial charge is 0.249 e. The van der Waals surface area contributed by atoms with Gasteiger partial charge in [0.05, 0.1) is 0 Å². The fraction of sp³-hybridized carbons (Fsp3) is 0.273. The second-order valence-electron chi connectivity index (χ2n) is 3.66. The van der Waals surface area contributed by atoms with Crippen molar-refractivity contribution in [1.29, 1.82) is 0 Å². The molecule has 0 spiro atoms. The SMILES string of the molecule is NC(=O)[C@@H]1OC(c2ccccc2)O[C@H]1C(N)=O. The number of benzene rings is 1. The van der Waals surface area contributed by atoms with Crippen LogP contribution in [0, 0.1) is 0 Å². The summed E-state index contributed by atoms with van der Waals surface area (Å²) in [5, 5.41) is 0. The molecule has 1 fully saturated rings. The fourth-order valence-corrected chi connectivity index (χ4v) is 1.64. The topological polar surface area (TPSA) is 105 Å². The molecule has 1 aromatic carbocycles. The Labute approximate surface area is 97.5 Å². The van der Waals surface area contributed by atoms with Crippen LogP contribution in [0.3, 0.4) is 0 Å². The first-order valence-corrected chi connectivity index (χ1v) is 5.04. The van der Waals surface area contributed by atoms with Crippen molar-refractivity contribution >= 4 is 11.8 Å². The number of amides is 2. The van der Waals surface area contributed by atoms with E-state index in [9.17, 15) is 9.59 Å². The Morgan fingerprint density at radius 3 is 1.82 bits per heavy atom. The minimum Gasteiger partial charge on any atom is -0.367 e. The molecule has 0 bridgehead atoms. The predicted molar refractivity (Wildman–Crippen MR) is 57.3 cm³/mol. The lowest BCUT2D eigenvalue weighted by Gasteiger charge is -2.09. The summed E-state index contributed by atoms with van der Waals surface area (Å²) in [5.74, 6) is -1.54. The van der Waals surface area contributed by atoms with Crippen LogP contribution in [0.4, 0.5) is 0 Å². The van der Waals surface area contributed by atoms with Gasteiger partial charge in [-0.2, -0.15) is 0 Å². The maximum atomic E-state index is 11.1. The van der Waals surface area contributed by atoms with Gasteiger partial charge in [-0.05, 0) is 0 Å². The minimum absolute atomic E-state index is 0.697. The number of carbonyl (C=O) groups is 2. The number of rotatable bonds is 3. The van der Waals surface area contributed by atoms with E-state index in [1.807, 2.05) is 6.07 Å². The zero-order chi connectivity index (χ0) is 12.4. The molecule has 0 radical (unpaired) electrons. The molecule has 0 saturated carbocycles. The van der Waals surface area contributed by atoms with Crippen LogP contribution in [-0.2, 0) is 19.1 Å². The van der Waals surface area contributed by atoms with E-state index in [2.05, 4.69) is 0 Å². The molecular formula is C11H12N2O4. The van der Waals surface area contributed by atoms with Crippen LogP contribution >= 0.6 is 0 Å². The van der Waals surface area contributed by atoms with Gasteiger partial charge in [-0.1, -0.05) is 30.3 Å². The Hall–Kier alpha value is -1.92. The third-order valence-corrected chi connectivity index (χ3v) is 2.45. The van der Waals surface area contributed by atoms with E-state index in [0.29, 0.717) is 5.56 Å². The molecule has 1 saturated heterocycles. The molecule has 17 heavy (non-hydrogen) atoms. The molecule has 2 rings (SSSR count). The summed E-state index contributed by atoms with van der Waals surface area (Å²) < 4.78 is 10.6.